The van der Waals surface area contributed by atoms with Gasteiger partial charge in [0.2, 0.25) is 0 Å². The average Bonchev–Trinajstić information content (AvgIpc) is 2.04. The quantitative estimate of drug-likeness (QED) is 0.607. The Morgan fingerprint density at radius 1 is 1.45 bits per heavy atom. The molecule has 0 aromatic heterocycles. The number of rotatable bonds is 2. The topological polar surface area (TPSA) is 0 Å². The van der Waals surface area contributed by atoms with Crippen LogP contribution in [0.4, 0.5) is 4.39 Å². The molecule has 0 saturated heterocycles. The Morgan fingerprint density at radius 2 is 2.09 bits per heavy atom. The Labute approximate surface area is 66.4 Å². The predicted molar refractivity (Wildman–Crippen MR) is 46.0 cm³/mol. The minimum absolute atomic E-state index is 0.345. The Morgan fingerprint density at radius 3 is 2.55 bits per heavy atom. The Hall–Kier alpha value is -1.11. The summed E-state index contributed by atoms with van der Waals surface area (Å²) in [5.74, 6) is -0.345. The zero-order chi connectivity index (χ0) is 8.27. The summed E-state index contributed by atoms with van der Waals surface area (Å²) in [6.07, 6.45) is 0.846. The van der Waals surface area contributed by atoms with Crippen molar-refractivity contribution in [1.82, 2.24) is 0 Å². The van der Waals surface area contributed by atoms with E-state index in [9.17, 15) is 4.39 Å². The fourth-order valence-corrected chi connectivity index (χ4v) is 1.09. The van der Waals surface area contributed by atoms with Crippen LogP contribution in [-0.2, 0) is 6.42 Å². The molecule has 0 radical (unpaired) electrons. The molecule has 58 valence electrons. The summed E-state index contributed by atoms with van der Waals surface area (Å²) in [6, 6.07) is 7.39. The highest BCUT2D eigenvalue weighted by Gasteiger charge is 2.01. The molecule has 0 atom stereocenters. The van der Waals surface area contributed by atoms with Gasteiger partial charge in [0, 0.05) is 5.56 Å². The number of aryl methyl sites for hydroxylation is 1. The van der Waals surface area contributed by atoms with Crippen LogP contribution in [0, 0.1) is 0 Å². The van der Waals surface area contributed by atoms with E-state index in [2.05, 4.69) is 6.58 Å². The molecule has 0 unspecified atom stereocenters. The van der Waals surface area contributed by atoms with E-state index in [1.807, 2.05) is 25.1 Å². The standard InChI is InChI=1S/C10H11F/c1-3-9-6-4-5-7-10(9)8(2)11/h4-7H,2-3H2,1H3. The third-order valence-electron chi connectivity index (χ3n) is 1.69. The molecule has 0 aliphatic carbocycles. The first-order valence-corrected chi connectivity index (χ1v) is 3.68. The van der Waals surface area contributed by atoms with Crippen LogP contribution < -0.4 is 0 Å². The van der Waals surface area contributed by atoms with Gasteiger partial charge < -0.3 is 0 Å². The number of hydrogen-bond acceptors (Lipinski definition) is 0. The molecule has 0 fully saturated rings. The summed E-state index contributed by atoms with van der Waals surface area (Å²) < 4.78 is 12.7. The molecule has 1 heteroatoms. The molecular weight excluding hydrogens is 139 g/mol. The lowest BCUT2D eigenvalue weighted by atomic mass is 10.1. The second-order valence-corrected chi connectivity index (χ2v) is 2.42. The lowest BCUT2D eigenvalue weighted by Crippen LogP contribution is -1.86. The van der Waals surface area contributed by atoms with Gasteiger partial charge in [-0.1, -0.05) is 37.8 Å². The largest absolute Gasteiger partial charge is 0.207 e. The van der Waals surface area contributed by atoms with Crippen molar-refractivity contribution in [3.8, 4) is 0 Å². The summed E-state index contributed by atoms with van der Waals surface area (Å²) in [4.78, 5) is 0. The van der Waals surface area contributed by atoms with Crippen molar-refractivity contribution in [2.24, 2.45) is 0 Å². The predicted octanol–water partition coefficient (Wildman–Crippen LogP) is 3.19. The fraction of sp³-hybridized carbons (Fsp3) is 0.200. The zero-order valence-electron chi connectivity index (χ0n) is 6.60. The maximum Gasteiger partial charge on any atom is 0.123 e. The first-order valence-electron chi connectivity index (χ1n) is 3.68. The van der Waals surface area contributed by atoms with E-state index in [1.54, 1.807) is 6.07 Å². The van der Waals surface area contributed by atoms with Gasteiger partial charge in [-0.05, 0) is 12.0 Å². The van der Waals surface area contributed by atoms with Crippen molar-refractivity contribution in [3.63, 3.8) is 0 Å². The normalized spacial score (nSPS) is 9.64. The minimum atomic E-state index is -0.345. The van der Waals surface area contributed by atoms with E-state index in [0.29, 0.717) is 5.56 Å². The van der Waals surface area contributed by atoms with Crippen molar-refractivity contribution in [1.29, 1.82) is 0 Å². The van der Waals surface area contributed by atoms with E-state index in [4.69, 9.17) is 0 Å². The molecule has 0 N–H and O–H groups in total. The summed E-state index contributed by atoms with van der Waals surface area (Å²) in [7, 11) is 0. The lowest BCUT2D eigenvalue weighted by Gasteiger charge is -2.02. The second kappa shape index (κ2) is 3.33. The van der Waals surface area contributed by atoms with Crippen LogP contribution in [0.2, 0.25) is 0 Å². The van der Waals surface area contributed by atoms with E-state index < -0.39 is 0 Å². The molecule has 0 aliphatic heterocycles. The van der Waals surface area contributed by atoms with Gasteiger partial charge >= 0.3 is 0 Å². The summed E-state index contributed by atoms with van der Waals surface area (Å²) in [6.45, 7) is 5.27. The maximum absolute atomic E-state index is 12.7. The first-order chi connectivity index (χ1) is 5.25. The SMILES string of the molecule is C=C(F)c1ccccc1CC. The van der Waals surface area contributed by atoms with Gasteiger partial charge in [0.1, 0.15) is 5.83 Å². The van der Waals surface area contributed by atoms with Crippen molar-refractivity contribution in [3.05, 3.63) is 42.0 Å². The highest BCUT2D eigenvalue weighted by atomic mass is 19.1. The monoisotopic (exact) mass is 150 g/mol. The zero-order valence-corrected chi connectivity index (χ0v) is 6.60. The molecule has 0 saturated carbocycles. The average molecular weight is 150 g/mol. The van der Waals surface area contributed by atoms with Crippen LogP contribution in [-0.4, -0.2) is 0 Å². The third kappa shape index (κ3) is 1.67. The number of halogens is 1. The van der Waals surface area contributed by atoms with Gasteiger partial charge in [0.05, 0.1) is 0 Å². The molecule has 0 aliphatic rings. The lowest BCUT2D eigenvalue weighted by molar-refractivity contribution is 0.760. The summed E-state index contributed by atoms with van der Waals surface area (Å²) >= 11 is 0. The molecule has 1 aromatic rings. The Balaban J connectivity index is 3.12. The molecule has 1 aromatic carbocycles. The van der Waals surface area contributed by atoms with Gasteiger partial charge in [0.15, 0.2) is 0 Å². The van der Waals surface area contributed by atoms with Crippen LogP contribution >= 0.6 is 0 Å². The van der Waals surface area contributed by atoms with Crippen molar-refractivity contribution in [2.45, 2.75) is 13.3 Å². The van der Waals surface area contributed by atoms with Crippen LogP contribution in [0.25, 0.3) is 5.83 Å². The summed E-state index contributed by atoms with van der Waals surface area (Å²) in [5, 5.41) is 0. The third-order valence-corrected chi connectivity index (χ3v) is 1.69. The molecule has 1 rings (SSSR count). The van der Waals surface area contributed by atoms with Gasteiger partial charge in [0.25, 0.3) is 0 Å². The van der Waals surface area contributed by atoms with Gasteiger partial charge in [-0.15, -0.1) is 0 Å². The van der Waals surface area contributed by atoms with Crippen LogP contribution in [0.5, 0.6) is 0 Å². The van der Waals surface area contributed by atoms with Gasteiger partial charge in [-0.25, -0.2) is 4.39 Å². The fourth-order valence-electron chi connectivity index (χ4n) is 1.09. The van der Waals surface area contributed by atoms with Crippen LogP contribution in [0.15, 0.2) is 30.8 Å². The van der Waals surface area contributed by atoms with Gasteiger partial charge in [-0.2, -0.15) is 0 Å². The Bertz CT molecular complexity index is 263. The molecule has 0 spiro atoms. The van der Waals surface area contributed by atoms with E-state index in [0.717, 1.165) is 12.0 Å². The summed E-state index contributed by atoms with van der Waals surface area (Å²) in [5.41, 5.74) is 1.65. The van der Waals surface area contributed by atoms with E-state index in [-0.39, 0.29) is 5.83 Å². The minimum Gasteiger partial charge on any atom is -0.207 e. The van der Waals surface area contributed by atoms with Crippen LogP contribution in [0.1, 0.15) is 18.1 Å². The van der Waals surface area contributed by atoms with Crippen molar-refractivity contribution in [2.75, 3.05) is 0 Å². The highest BCUT2D eigenvalue weighted by Crippen LogP contribution is 2.18. The molecule has 0 nitrogen and oxygen atoms in total. The highest BCUT2D eigenvalue weighted by molar-refractivity contribution is 5.60. The Kier molecular flexibility index (Phi) is 2.42. The van der Waals surface area contributed by atoms with E-state index in [1.165, 1.54) is 0 Å². The molecule has 0 heterocycles. The first kappa shape index (κ1) is 7.99. The van der Waals surface area contributed by atoms with E-state index >= 15 is 0 Å². The van der Waals surface area contributed by atoms with Crippen molar-refractivity contribution < 1.29 is 4.39 Å². The molecule has 11 heavy (non-hydrogen) atoms. The van der Waals surface area contributed by atoms with Gasteiger partial charge in [-0.3, -0.25) is 0 Å². The maximum atomic E-state index is 12.7. The molecular formula is C10H11F. The molecule has 0 amide bonds. The van der Waals surface area contributed by atoms with Crippen LogP contribution in [0.3, 0.4) is 0 Å². The number of hydrogen-bond donors (Lipinski definition) is 0. The van der Waals surface area contributed by atoms with Crippen molar-refractivity contribution >= 4 is 5.83 Å². The second-order valence-electron chi connectivity index (χ2n) is 2.42. The number of benzene rings is 1. The smallest absolute Gasteiger partial charge is 0.123 e. The molecule has 0 bridgehead atoms.